The average Bonchev–Trinajstić information content (AvgIpc) is 2.26. The van der Waals surface area contributed by atoms with Crippen LogP contribution in [0.4, 0.5) is 5.69 Å². The van der Waals surface area contributed by atoms with Crippen molar-refractivity contribution in [2.75, 3.05) is 5.73 Å². The van der Waals surface area contributed by atoms with E-state index in [-0.39, 0.29) is 11.1 Å². The van der Waals surface area contributed by atoms with Gasteiger partial charge in [-0.1, -0.05) is 0 Å². The Hall–Kier alpha value is -2.12. The summed E-state index contributed by atoms with van der Waals surface area (Å²) in [7, 11) is 0. The van der Waals surface area contributed by atoms with E-state index >= 15 is 0 Å². The average molecular weight is 209 g/mol. The molecule has 0 atom stereocenters. The molecule has 0 radical (unpaired) electrons. The topological polar surface area (TPSA) is 136 Å². The second kappa shape index (κ2) is 4.40. The van der Waals surface area contributed by atoms with Crippen molar-refractivity contribution in [2.24, 2.45) is 11.7 Å². The molecule has 80 valence electrons. The number of hydrogen-bond donors (Lipinski definition) is 5. The summed E-state index contributed by atoms with van der Waals surface area (Å²) in [4.78, 5) is 22.6. The molecule has 0 saturated heterocycles. The molecule has 8 N–H and O–H groups in total. The zero-order valence-corrected chi connectivity index (χ0v) is 7.78. The van der Waals surface area contributed by atoms with Gasteiger partial charge in [0, 0.05) is 5.69 Å². The molecule has 0 unspecified atom stereocenters. The van der Waals surface area contributed by atoms with Crippen LogP contribution >= 0.6 is 0 Å². The molecule has 1 rings (SSSR count). The van der Waals surface area contributed by atoms with E-state index in [9.17, 15) is 9.59 Å². The van der Waals surface area contributed by atoms with Crippen LogP contribution in [0.15, 0.2) is 18.2 Å². The van der Waals surface area contributed by atoms with E-state index in [4.69, 9.17) is 17.4 Å². The number of nitrogens with two attached hydrogens (primary N) is 3. The number of carbonyl (C=O) groups excluding carboxylic acids is 2. The van der Waals surface area contributed by atoms with Gasteiger partial charge in [0.1, 0.15) is 0 Å². The SMILES string of the molecule is NNC(=O)c1ccc(N)cc1C(=O)NN. The largest absolute Gasteiger partial charge is 0.399 e. The van der Waals surface area contributed by atoms with Gasteiger partial charge in [-0.2, -0.15) is 0 Å². The predicted molar refractivity (Wildman–Crippen MR) is 54.2 cm³/mol. The number of benzene rings is 1. The van der Waals surface area contributed by atoms with Gasteiger partial charge < -0.3 is 5.73 Å². The molecule has 0 saturated carbocycles. The zero-order valence-electron chi connectivity index (χ0n) is 7.78. The molecule has 0 aliphatic rings. The Bertz CT molecular complexity index is 404. The maximum atomic E-state index is 11.3. The van der Waals surface area contributed by atoms with Crippen LogP contribution in [0.1, 0.15) is 20.7 Å². The zero-order chi connectivity index (χ0) is 11.4. The van der Waals surface area contributed by atoms with Crippen molar-refractivity contribution < 1.29 is 9.59 Å². The molecule has 0 spiro atoms. The summed E-state index contributed by atoms with van der Waals surface area (Å²) in [6.45, 7) is 0. The molecule has 7 nitrogen and oxygen atoms in total. The van der Waals surface area contributed by atoms with Crippen molar-refractivity contribution in [3.8, 4) is 0 Å². The molecule has 2 amide bonds. The molecule has 15 heavy (non-hydrogen) atoms. The van der Waals surface area contributed by atoms with Crippen LogP contribution in [0, 0.1) is 0 Å². The van der Waals surface area contributed by atoms with Crippen LogP contribution in [-0.4, -0.2) is 11.8 Å². The van der Waals surface area contributed by atoms with E-state index in [1.165, 1.54) is 18.2 Å². The minimum absolute atomic E-state index is 0.0699. The smallest absolute Gasteiger partial charge is 0.266 e. The summed E-state index contributed by atoms with van der Waals surface area (Å²) < 4.78 is 0. The molecular formula is C8H11N5O2. The Morgan fingerprint density at radius 2 is 1.53 bits per heavy atom. The summed E-state index contributed by atoms with van der Waals surface area (Å²) in [6.07, 6.45) is 0. The van der Waals surface area contributed by atoms with Crippen LogP contribution in [0.3, 0.4) is 0 Å². The summed E-state index contributed by atoms with van der Waals surface area (Å²) in [6, 6.07) is 4.22. The molecule has 0 aliphatic carbocycles. The quantitative estimate of drug-likeness (QED) is 0.174. The van der Waals surface area contributed by atoms with Crippen molar-refractivity contribution in [3.63, 3.8) is 0 Å². The van der Waals surface area contributed by atoms with Crippen LogP contribution < -0.4 is 28.3 Å². The third-order valence-corrected chi connectivity index (χ3v) is 1.80. The van der Waals surface area contributed by atoms with E-state index in [1.54, 1.807) is 0 Å². The van der Waals surface area contributed by atoms with Crippen LogP contribution in [0.5, 0.6) is 0 Å². The predicted octanol–water partition coefficient (Wildman–Crippen LogP) is -1.52. The number of anilines is 1. The number of carbonyl (C=O) groups is 2. The molecule has 0 fully saturated rings. The fourth-order valence-corrected chi connectivity index (χ4v) is 1.10. The normalized spacial score (nSPS) is 9.47. The van der Waals surface area contributed by atoms with Crippen LogP contribution in [-0.2, 0) is 0 Å². The van der Waals surface area contributed by atoms with Gasteiger partial charge in [-0.15, -0.1) is 0 Å². The lowest BCUT2D eigenvalue weighted by atomic mass is 10.1. The second-order valence-electron chi connectivity index (χ2n) is 2.75. The molecule has 1 aromatic carbocycles. The van der Waals surface area contributed by atoms with E-state index < -0.39 is 11.8 Å². The summed E-state index contributed by atoms with van der Waals surface area (Å²) in [5.74, 6) is 8.72. The maximum absolute atomic E-state index is 11.3. The lowest BCUT2D eigenvalue weighted by Crippen LogP contribution is -2.35. The lowest BCUT2D eigenvalue weighted by molar-refractivity contribution is 0.0919. The van der Waals surface area contributed by atoms with Gasteiger partial charge in [-0.05, 0) is 18.2 Å². The van der Waals surface area contributed by atoms with Crippen molar-refractivity contribution in [2.45, 2.75) is 0 Å². The molecule has 0 aromatic heterocycles. The maximum Gasteiger partial charge on any atom is 0.266 e. The molecule has 7 heteroatoms. The Morgan fingerprint density at radius 3 is 2.07 bits per heavy atom. The van der Waals surface area contributed by atoms with E-state index in [2.05, 4.69) is 0 Å². The number of amides is 2. The van der Waals surface area contributed by atoms with Crippen molar-refractivity contribution in [1.82, 2.24) is 10.9 Å². The van der Waals surface area contributed by atoms with Gasteiger partial charge in [0.2, 0.25) is 0 Å². The Morgan fingerprint density at radius 1 is 1.00 bits per heavy atom. The number of rotatable bonds is 2. The highest BCUT2D eigenvalue weighted by molar-refractivity contribution is 6.07. The van der Waals surface area contributed by atoms with Gasteiger partial charge >= 0.3 is 0 Å². The van der Waals surface area contributed by atoms with E-state index in [1.807, 2.05) is 10.9 Å². The molecule has 0 bridgehead atoms. The van der Waals surface area contributed by atoms with Gasteiger partial charge in [-0.25, -0.2) is 11.7 Å². The Kier molecular flexibility index (Phi) is 3.21. The highest BCUT2D eigenvalue weighted by atomic mass is 16.2. The minimum atomic E-state index is -0.610. The number of nitrogen functional groups attached to an aromatic ring is 3. The summed E-state index contributed by atoms with van der Waals surface area (Å²) in [5, 5.41) is 0. The van der Waals surface area contributed by atoms with Crippen LogP contribution in [0.2, 0.25) is 0 Å². The van der Waals surface area contributed by atoms with Gasteiger partial charge in [0.25, 0.3) is 11.8 Å². The second-order valence-corrected chi connectivity index (χ2v) is 2.75. The highest BCUT2D eigenvalue weighted by Crippen LogP contribution is 2.13. The van der Waals surface area contributed by atoms with Crippen molar-refractivity contribution in [3.05, 3.63) is 29.3 Å². The highest BCUT2D eigenvalue weighted by Gasteiger charge is 2.15. The molecule has 1 aromatic rings. The monoisotopic (exact) mass is 209 g/mol. The van der Waals surface area contributed by atoms with E-state index in [0.717, 1.165) is 0 Å². The fourth-order valence-electron chi connectivity index (χ4n) is 1.10. The Labute approximate surface area is 85.5 Å². The van der Waals surface area contributed by atoms with Crippen molar-refractivity contribution >= 4 is 17.5 Å². The molecular weight excluding hydrogens is 198 g/mol. The van der Waals surface area contributed by atoms with Crippen molar-refractivity contribution in [1.29, 1.82) is 0 Å². The van der Waals surface area contributed by atoms with Crippen LogP contribution in [0.25, 0.3) is 0 Å². The first-order valence-corrected chi connectivity index (χ1v) is 4.01. The fraction of sp³-hybridized carbons (Fsp3) is 0. The summed E-state index contributed by atoms with van der Waals surface area (Å²) in [5.41, 5.74) is 9.84. The lowest BCUT2D eigenvalue weighted by Gasteiger charge is -2.07. The first-order valence-electron chi connectivity index (χ1n) is 4.01. The molecule has 0 heterocycles. The first kappa shape index (κ1) is 11.0. The van der Waals surface area contributed by atoms with Gasteiger partial charge in [0.05, 0.1) is 11.1 Å². The van der Waals surface area contributed by atoms with E-state index in [0.29, 0.717) is 5.69 Å². The number of nitrogens with one attached hydrogen (secondary N) is 2. The Balaban J connectivity index is 3.26. The summed E-state index contributed by atoms with van der Waals surface area (Å²) >= 11 is 0. The number of hydrogen-bond acceptors (Lipinski definition) is 5. The third-order valence-electron chi connectivity index (χ3n) is 1.80. The van der Waals surface area contributed by atoms with Gasteiger partial charge in [0.15, 0.2) is 0 Å². The minimum Gasteiger partial charge on any atom is -0.399 e. The first-order chi connectivity index (χ1) is 7.10. The molecule has 0 aliphatic heterocycles. The van der Waals surface area contributed by atoms with Gasteiger partial charge in [-0.3, -0.25) is 20.4 Å². The standard InChI is InChI=1S/C8H11N5O2/c9-4-1-2-5(7(14)12-10)6(3-4)8(15)13-11/h1-3H,9-11H2,(H,12,14)(H,13,15). The number of hydrazine groups is 2. The third kappa shape index (κ3) is 2.22.